The van der Waals surface area contributed by atoms with E-state index < -0.39 is 11.6 Å². The molecular weight excluding hydrogens is 332 g/mol. The van der Waals surface area contributed by atoms with E-state index in [1.54, 1.807) is 18.2 Å². The summed E-state index contributed by atoms with van der Waals surface area (Å²) in [6.07, 6.45) is 7.44. The van der Waals surface area contributed by atoms with Gasteiger partial charge in [0.05, 0.1) is 12.2 Å². The maximum absolute atomic E-state index is 12.1. The van der Waals surface area contributed by atoms with E-state index in [1.807, 2.05) is 26.8 Å². The Kier molecular flexibility index (Phi) is 9.78. The smallest absolute Gasteiger partial charge is 0.338 e. The summed E-state index contributed by atoms with van der Waals surface area (Å²) in [4.78, 5) is 22.5. The molecule has 0 amide bonds. The predicted molar refractivity (Wildman–Crippen MR) is 102 cm³/mol. The van der Waals surface area contributed by atoms with Gasteiger partial charge in [-0.2, -0.15) is 0 Å². The Morgan fingerprint density at radius 1 is 0.962 bits per heavy atom. The molecule has 0 atom stereocenters. The quantitative estimate of drug-likeness (QED) is 0.406. The van der Waals surface area contributed by atoms with Gasteiger partial charge in [-0.05, 0) is 51.8 Å². The fourth-order valence-corrected chi connectivity index (χ4v) is 2.50. The molecular formula is C21H32O5. The predicted octanol–water partition coefficient (Wildman–Crippen LogP) is 5.23. The van der Waals surface area contributed by atoms with E-state index >= 15 is 0 Å². The Morgan fingerprint density at radius 2 is 1.58 bits per heavy atom. The van der Waals surface area contributed by atoms with Crippen LogP contribution >= 0.6 is 0 Å². The van der Waals surface area contributed by atoms with Crippen molar-refractivity contribution in [2.45, 2.75) is 77.7 Å². The van der Waals surface area contributed by atoms with Crippen LogP contribution in [0.1, 0.15) is 82.5 Å². The van der Waals surface area contributed by atoms with E-state index in [1.165, 1.54) is 0 Å². The number of carbonyl (C=O) groups excluding carboxylic acids is 1. The number of benzene rings is 1. The number of carboxylic acids is 1. The average Bonchev–Trinajstić information content (AvgIpc) is 2.55. The molecule has 0 unspecified atom stereocenters. The van der Waals surface area contributed by atoms with Crippen LogP contribution in [0.4, 0.5) is 0 Å². The number of aliphatic carboxylic acids is 1. The zero-order chi connectivity index (χ0) is 19.4. The Balaban J connectivity index is 2.17. The highest BCUT2D eigenvalue weighted by molar-refractivity contribution is 5.90. The highest BCUT2D eigenvalue weighted by Gasteiger charge is 2.18. The standard InChI is InChI=1S/C21H32O5/c1-21(2,3)26-20(24)17-12-11-13-18(16-17)25-15-10-8-6-4-5-7-9-14-19(22)23/h11-13,16H,4-10,14-15H2,1-3H3,(H,22,23). The van der Waals surface area contributed by atoms with Crippen molar-refractivity contribution in [3.8, 4) is 5.75 Å². The molecule has 0 saturated carbocycles. The molecule has 5 heteroatoms. The summed E-state index contributed by atoms with van der Waals surface area (Å²) in [6, 6.07) is 7.09. The van der Waals surface area contributed by atoms with Crippen molar-refractivity contribution in [3.05, 3.63) is 29.8 Å². The monoisotopic (exact) mass is 364 g/mol. The first-order valence-electron chi connectivity index (χ1n) is 9.46. The van der Waals surface area contributed by atoms with Crippen molar-refractivity contribution in [1.82, 2.24) is 0 Å². The van der Waals surface area contributed by atoms with Gasteiger partial charge in [-0.15, -0.1) is 0 Å². The largest absolute Gasteiger partial charge is 0.494 e. The number of rotatable bonds is 12. The number of hydrogen-bond donors (Lipinski definition) is 1. The summed E-state index contributed by atoms with van der Waals surface area (Å²) in [5, 5.41) is 8.56. The summed E-state index contributed by atoms with van der Waals surface area (Å²) in [7, 11) is 0. The van der Waals surface area contributed by atoms with E-state index in [0.717, 1.165) is 44.9 Å². The number of carbonyl (C=O) groups is 2. The summed E-state index contributed by atoms with van der Waals surface area (Å²) in [6.45, 7) is 6.16. The molecule has 146 valence electrons. The van der Waals surface area contributed by atoms with Crippen molar-refractivity contribution in [3.63, 3.8) is 0 Å². The second-order valence-corrected chi connectivity index (χ2v) is 7.50. The third kappa shape index (κ3) is 10.7. The molecule has 1 aromatic carbocycles. The third-order valence-electron chi connectivity index (χ3n) is 3.77. The molecule has 5 nitrogen and oxygen atoms in total. The van der Waals surface area contributed by atoms with Crippen molar-refractivity contribution in [2.24, 2.45) is 0 Å². The molecule has 0 heterocycles. The lowest BCUT2D eigenvalue weighted by Gasteiger charge is -2.19. The summed E-state index contributed by atoms with van der Waals surface area (Å²) < 4.78 is 11.1. The maximum Gasteiger partial charge on any atom is 0.338 e. The van der Waals surface area contributed by atoms with Crippen molar-refractivity contribution < 1.29 is 24.2 Å². The normalized spacial score (nSPS) is 11.2. The fourth-order valence-electron chi connectivity index (χ4n) is 2.50. The zero-order valence-corrected chi connectivity index (χ0v) is 16.3. The number of hydrogen-bond acceptors (Lipinski definition) is 4. The van der Waals surface area contributed by atoms with E-state index in [4.69, 9.17) is 14.6 Å². The van der Waals surface area contributed by atoms with E-state index in [2.05, 4.69) is 0 Å². The lowest BCUT2D eigenvalue weighted by Crippen LogP contribution is -2.23. The summed E-state index contributed by atoms with van der Waals surface area (Å²) >= 11 is 0. The molecule has 0 saturated heterocycles. The average molecular weight is 364 g/mol. The van der Waals surface area contributed by atoms with E-state index in [0.29, 0.717) is 17.9 Å². The van der Waals surface area contributed by atoms with Crippen LogP contribution in [-0.4, -0.2) is 29.3 Å². The van der Waals surface area contributed by atoms with Crippen LogP contribution in [0.15, 0.2) is 24.3 Å². The molecule has 0 fully saturated rings. The van der Waals surface area contributed by atoms with Gasteiger partial charge in [0.2, 0.25) is 0 Å². The van der Waals surface area contributed by atoms with Crippen molar-refractivity contribution in [2.75, 3.05) is 6.61 Å². The van der Waals surface area contributed by atoms with Crippen LogP contribution in [0.3, 0.4) is 0 Å². The first-order valence-corrected chi connectivity index (χ1v) is 9.46. The van der Waals surface area contributed by atoms with Gasteiger partial charge in [0, 0.05) is 6.42 Å². The first-order chi connectivity index (χ1) is 12.3. The highest BCUT2D eigenvalue weighted by Crippen LogP contribution is 2.18. The van der Waals surface area contributed by atoms with Crippen LogP contribution in [-0.2, 0) is 9.53 Å². The highest BCUT2D eigenvalue weighted by atomic mass is 16.6. The van der Waals surface area contributed by atoms with Gasteiger partial charge in [-0.1, -0.05) is 38.2 Å². The fraction of sp³-hybridized carbons (Fsp3) is 0.619. The van der Waals surface area contributed by atoms with Gasteiger partial charge in [0.25, 0.3) is 0 Å². The van der Waals surface area contributed by atoms with Crippen LogP contribution in [0.5, 0.6) is 5.75 Å². The topological polar surface area (TPSA) is 72.8 Å². The van der Waals surface area contributed by atoms with Crippen LogP contribution in [0, 0.1) is 0 Å². The molecule has 1 rings (SSSR count). The van der Waals surface area contributed by atoms with Gasteiger partial charge in [-0.3, -0.25) is 4.79 Å². The van der Waals surface area contributed by atoms with Crippen LogP contribution in [0.2, 0.25) is 0 Å². The number of unbranched alkanes of at least 4 members (excludes halogenated alkanes) is 6. The summed E-state index contributed by atoms with van der Waals surface area (Å²) in [5.74, 6) is -0.370. The van der Waals surface area contributed by atoms with Gasteiger partial charge < -0.3 is 14.6 Å². The van der Waals surface area contributed by atoms with E-state index in [9.17, 15) is 9.59 Å². The third-order valence-corrected chi connectivity index (χ3v) is 3.77. The molecule has 0 radical (unpaired) electrons. The molecule has 0 spiro atoms. The van der Waals surface area contributed by atoms with Gasteiger partial charge in [-0.25, -0.2) is 4.79 Å². The lowest BCUT2D eigenvalue weighted by atomic mass is 10.1. The minimum absolute atomic E-state index is 0.274. The Hall–Kier alpha value is -2.04. The SMILES string of the molecule is CC(C)(C)OC(=O)c1cccc(OCCCCCCCCCC(=O)O)c1. The number of carboxylic acid groups (broad SMARTS) is 1. The van der Waals surface area contributed by atoms with Gasteiger partial charge in [0.15, 0.2) is 0 Å². The minimum atomic E-state index is -0.710. The van der Waals surface area contributed by atoms with Gasteiger partial charge >= 0.3 is 11.9 Å². The molecule has 0 aliphatic rings. The van der Waals surface area contributed by atoms with Gasteiger partial charge in [0.1, 0.15) is 11.4 Å². The van der Waals surface area contributed by atoms with Crippen molar-refractivity contribution >= 4 is 11.9 Å². The lowest BCUT2D eigenvalue weighted by molar-refractivity contribution is -0.137. The molecule has 0 bridgehead atoms. The van der Waals surface area contributed by atoms with Crippen LogP contribution in [0.25, 0.3) is 0 Å². The minimum Gasteiger partial charge on any atom is -0.494 e. The second-order valence-electron chi connectivity index (χ2n) is 7.50. The number of ether oxygens (including phenoxy) is 2. The molecule has 0 aliphatic heterocycles. The molecule has 0 aliphatic carbocycles. The Morgan fingerprint density at radius 3 is 2.19 bits per heavy atom. The Labute approximate surface area is 156 Å². The molecule has 1 N–H and O–H groups in total. The number of esters is 1. The summed E-state index contributed by atoms with van der Waals surface area (Å²) in [5.41, 5.74) is -0.0135. The maximum atomic E-state index is 12.1. The van der Waals surface area contributed by atoms with Crippen molar-refractivity contribution in [1.29, 1.82) is 0 Å². The zero-order valence-electron chi connectivity index (χ0n) is 16.3. The Bertz CT molecular complexity index is 560. The molecule has 0 aromatic heterocycles. The molecule has 1 aromatic rings. The second kappa shape index (κ2) is 11.6. The molecule has 26 heavy (non-hydrogen) atoms. The van der Waals surface area contributed by atoms with Crippen LogP contribution < -0.4 is 4.74 Å². The van der Waals surface area contributed by atoms with E-state index in [-0.39, 0.29) is 12.4 Å². The first kappa shape index (κ1) is 22.0.